The van der Waals surface area contributed by atoms with Gasteiger partial charge in [-0.05, 0) is 18.2 Å². The Labute approximate surface area is 67.8 Å². The molecule has 1 aromatic rings. The Morgan fingerprint density at radius 3 is 2.64 bits per heavy atom. The molecule has 0 atom stereocenters. The van der Waals surface area contributed by atoms with Gasteiger partial charge in [0.05, 0.1) is 0 Å². The summed E-state index contributed by atoms with van der Waals surface area (Å²) in [6, 6.07) is 10.4. The molecule has 0 unspecified atom stereocenters. The van der Waals surface area contributed by atoms with E-state index in [9.17, 15) is 0 Å². The minimum Gasteiger partial charge on any atom is -0.391 e. The van der Waals surface area contributed by atoms with E-state index in [1.165, 1.54) is 5.56 Å². The molecule has 11 heavy (non-hydrogen) atoms. The number of hydrogen-bond acceptors (Lipinski definition) is 1. The Bertz CT molecular complexity index is 203. The number of rotatable bonds is 4. The van der Waals surface area contributed by atoms with Gasteiger partial charge in [0, 0.05) is 6.54 Å². The van der Waals surface area contributed by atoms with Crippen LogP contribution in [-0.2, 0) is 6.42 Å². The van der Waals surface area contributed by atoms with Crippen LogP contribution in [0.2, 0.25) is 0 Å². The van der Waals surface area contributed by atoms with Crippen molar-refractivity contribution in [3.05, 3.63) is 48.7 Å². The largest absolute Gasteiger partial charge is 0.391 e. The number of benzene rings is 1. The molecule has 0 aliphatic rings. The molecule has 1 nitrogen and oxygen atoms in total. The van der Waals surface area contributed by atoms with E-state index in [0.29, 0.717) is 0 Å². The summed E-state index contributed by atoms with van der Waals surface area (Å²) >= 11 is 0. The van der Waals surface area contributed by atoms with Crippen molar-refractivity contribution in [1.82, 2.24) is 5.32 Å². The summed E-state index contributed by atoms with van der Waals surface area (Å²) in [6.45, 7) is 4.55. The first-order valence-corrected chi connectivity index (χ1v) is 3.81. The highest BCUT2D eigenvalue weighted by molar-refractivity contribution is 5.14. The topological polar surface area (TPSA) is 12.0 Å². The molecule has 0 heterocycles. The highest BCUT2D eigenvalue weighted by Crippen LogP contribution is 1.97. The minimum absolute atomic E-state index is 0.966. The monoisotopic (exact) mass is 147 g/mol. The molecule has 0 aliphatic heterocycles. The molecule has 1 heteroatoms. The van der Waals surface area contributed by atoms with Gasteiger partial charge >= 0.3 is 0 Å². The normalized spacial score (nSPS) is 9.09. The van der Waals surface area contributed by atoms with Gasteiger partial charge in [-0.15, -0.1) is 0 Å². The standard InChI is InChI=1S/C10H13N/c1-2-11-9-8-10-6-4-3-5-7-10/h2-7,11H,1,8-9H2. The molecule has 0 bridgehead atoms. The smallest absolute Gasteiger partial charge is 0.0181 e. The van der Waals surface area contributed by atoms with E-state index in [0.717, 1.165) is 13.0 Å². The zero-order chi connectivity index (χ0) is 7.94. The Kier molecular flexibility index (Phi) is 3.26. The average molecular weight is 147 g/mol. The van der Waals surface area contributed by atoms with Crippen LogP contribution in [0.3, 0.4) is 0 Å². The summed E-state index contributed by atoms with van der Waals surface area (Å²) < 4.78 is 0. The predicted molar refractivity (Wildman–Crippen MR) is 48.3 cm³/mol. The van der Waals surface area contributed by atoms with Crippen molar-refractivity contribution in [2.24, 2.45) is 0 Å². The fraction of sp³-hybridized carbons (Fsp3) is 0.200. The van der Waals surface area contributed by atoms with E-state index >= 15 is 0 Å². The second kappa shape index (κ2) is 4.56. The second-order valence-electron chi connectivity index (χ2n) is 2.39. The van der Waals surface area contributed by atoms with Gasteiger partial charge in [0.2, 0.25) is 0 Å². The Hall–Kier alpha value is -1.24. The first-order valence-electron chi connectivity index (χ1n) is 3.81. The molecule has 58 valence electrons. The number of hydrogen-bond donors (Lipinski definition) is 1. The van der Waals surface area contributed by atoms with Gasteiger partial charge in [-0.3, -0.25) is 0 Å². The lowest BCUT2D eigenvalue weighted by Gasteiger charge is -1.99. The minimum atomic E-state index is 0.966. The molecule has 0 spiro atoms. The van der Waals surface area contributed by atoms with Crippen LogP contribution < -0.4 is 5.32 Å². The summed E-state index contributed by atoms with van der Waals surface area (Å²) in [5.74, 6) is 0. The van der Waals surface area contributed by atoms with Crippen molar-refractivity contribution >= 4 is 0 Å². The fourth-order valence-electron chi connectivity index (χ4n) is 0.963. The van der Waals surface area contributed by atoms with E-state index in [1.54, 1.807) is 6.20 Å². The zero-order valence-corrected chi connectivity index (χ0v) is 6.59. The SMILES string of the molecule is C=CNCCc1ccccc1. The Balaban J connectivity index is 2.33. The van der Waals surface area contributed by atoms with E-state index in [4.69, 9.17) is 0 Å². The van der Waals surface area contributed by atoms with Crippen LogP contribution >= 0.6 is 0 Å². The van der Waals surface area contributed by atoms with Gasteiger partial charge in [0.15, 0.2) is 0 Å². The van der Waals surface area contributed by atoms with Crippen LogP contribution in [0.25, 0.3) is 0 Å². The Morgan fingerprint density at radius 2 is 2.00 bits per heavy atom. The van der Waals surface area contributed by atoms with Crippen molar-refractivity contribution in [3.63, 3.8) is 0 Å². The van der Waals surface area contributed by atoms with Gasteiger partial charge in [-0.25, -0.2) is 0 Å². The molecule has 0 saturated heterocycles. The van der Waals surface area contributed by atoms with Gasteiger partial charge in [-0.1, -0.05) is 36.9 Å². The molecule has 0 amide bonds. The molecular weight excluding hydrogens is 134 g/mol. The molecule has 1 rings (SSSR count). The lowest BCUT2D eigenvalue weighted by atomic mass is 10.1. The summed E-state index contributed by atoms with van der Waals surface area (Å²) in [5.41, 5.74) is 1.36. The third-order valence-corrected chi connectivity index (χ3v) is 1.55. The molecule has 0 radical (unpaired) electrons. The van der Waals surface area contributed by atoms with Crippen molar-refractivity contribution < 1.29 is 0 Å². The summed E-state index contributed by atoms with van der Waals surface area (Å²) in [7, 11) is 0. The van der Waals surface area contributed by atoms with Crippen LogP contribution in [0.4, 0.5) is 0 Å². The van der Waals surface area contributed by atoms with Crippen molar-refractivity contribution in [2.75, 3.05) is 6.54 Å². The summed E-state index contributed by atoms with van der Waals surface area (Å²) in [6.07, 6.45) is 2.79. The number of nitrogens with one attached hydrogen (secondary N) is 1. The molecule has 0 saturated carbocycles. The van der Waals surface area contributed by atoms with E-state index < -0.39 is 0 Å². The zero-order valence-electron chi connectivity index (χ0n) is 6.59. The van der Waals surface area contributed by atoms with Gasteiger partial charge in [0.25, 0.3) is 0 Å². The molecule has 1 N–H and O–H groups in total. The summed E-state index contributed by atoms with van der Waals surface area (Å²) in [5, 5.41) is 3.06. The third-order valence-electron chi connectivity index (χ3n) is 1.55. The third kappa shape index (κ3) is 2.89. The van der Waals surface area contributed by atoms with E-state index in [2.05, 4.69) is 36.2 Å². The van der Waals surface area contributed by atoms with Crippen molar-refractivity contribution in [3.8, 4) is 0 Å². The summed E-state index contributed by atoms with van der Waals surface area (Å²) in [4.78, 5) is 0. The van der Waals surface area contributed by atoms with Crippen LogP contribution in [0, 0.1) is 0 Å². The Morgan fingerprint density at radius 1 is 1.27 bits per heavy atom. The lowest BCUT2D eigenvalue weighted by Crippen LogP contribution is -2.08. The maximum Gasteiger partial charge on any atom is 0.0181 e. The highest BCUT2D eigenvalue weighted by Gasteiger charge is 1.87. The highest BCUT2D eigenvalue weighted by atomic mass is 14.8. The van der Waals surface area contributed by atoms with Crippen molar-refractivity contribution in [1.29, 1.82) is 0 Å². The maximum absolute atomic E-state index is 3.58. The first-order chi connectivity index (χ1) is 5.43. The molecule has 0 aromatic heterocycles. The molecular formula is C10H13N. The first kappa shape index (κ1) is 7.86. The maximum atomic E-state index is 3.58. The second-order valence-corrected chi connectivity index (χ2v) is 2.39. The van der Waals surface area contributed by atoms with Crippen LogP contribution in [0.15, 0.2) is 43.1 Å². The fourth-order valence-corrected chi connectivity index (χ4v) is 0.963. The predicted octanol–water partition coefficient (Wildman–Crippen LogP) is 1.96. The van der Waals surface area contributed by atoms with Gasteiger partial charge in [0.1, 0.15) is 0 Å². The van der Waals surface area contributed by atoms with Gasteiger partial charge < -0.3 is 5.32 Å². The van der Waals surface area contributed by atoms with Crippen LogP contribution in [0.1, 0.15) is 5.56 Å². The van der Waals surface area contributed by atoms with Crippen LogP contribution in [-0.4, -0.2) is 6.54 Å². The lowest BCUT2D eigenvalue weighted by molar-refractivity contribution is 0.834. The molecule has 0 fully saturated rings. The molecule has 1 aromatic carbocycles. The van der Waals surface area contributed by atoms with Crippen LogP contribution in [0.5, 0.6) is 0 Å². The van der Waals surface area contributed by atoms with Gasteiger partial charge in [-0.2, -0.15) is 0 Å². The van der Waals surface area contributed by atoms with Crippen molar-refractivity contribution in [2.45, 2.75) is 6.42 Å². The van der Waals surface area contributed by atoms with E-state index in [-0.39, 0.29) is 0 Å². The van der Waals surface area contributed by atoms with E-state index in [1.807, 2.05) is 6.07 Å². The quantitative estimate of drug-likeness (QED) is 0.642. The molecule has 0 aliphatic carbocycles. The average Bonchev–Trinajstić information content (AvgIpc) is 2.07.